The fourth-order valence-corrected chi connectivity index (χ4v) is 5.55. The third-order valence-electron chi connectivity index (χ3n) is 7.97. The zero-order valence-electron chi connectivity index (χ0n) is 22.7. The molecule has 6 nitrogen and oxygen atoms in total. The van der Waals surface area contributed by atoms with Crippen LogP contribution < -0.4 is 9.47 Å². The van der Waals surface area contributed by atoms with Crippen molar-refractivity contribution in [3.05, 3.63) is 65.0 Å². The van der Waals surface area contributed by atoms with Crippen LogP contribution in [0.25, 0.3) is 5.70 Å². The molecule has 4 aliphatic rings. The molecule has 1 aliphatic carbocycles. The maximum absolute atomic E-state index is 13.5. The van der Waals surface area contributed by atoms with Gasteiger partial charge in [0.2, 0.25) is 6.86 Å². The number of hydrogen-bond acceptors (Lipinski definition) is 6. The van der Waals surface area contributed by atoms with Crippen LogP contribution in [-0.2, 0) is 4.74 Å². The van der Waals surface area contributed by atoms with Crippen molar-refractivity contribution in [3.8, 4) is 11.5 Å². The minimum atomic E-state index is -1.01. The fourth-order valence-electron chi connectivity index (χ4n) is 5.55. The van der Waals surface area contributed by atoms with Gasteiger partial charge in [0.05, 0.1) is 26.4 Å². The summed E-state index contributed by atoms with van der Waals surface area (Å²) in [7, 11) is 3.68. The van der Waals surface area contributed by atoms with Crippen molar-refractivity contribution in [2.24, 2.45) is 11.8 Å². The van der Waals surface area contributed by atoms with Gasteiger partial charge in [0, 0.05) is 36.1 Å². The molecule has 0 N–H and O–H groups in total. The van der Waals surface area contributed by atoms with E-state index in [4.69, 9.17) is 14.2 Å². The van der Waals surface area contributed by atoms with E-state index in [-0.39, 0.29) is 23.5 Å². The Balaban J connectivity index is 1.46. The number of nitrogens with zero attached hydrogens (tertiary/aromatic N) is 2. The fraction of sp³-hybridized carbons (Fsp3) is 0.516. The second kappa shape index (κ2) is 11.9. The first-order valence-electron chi connectivity index (χ1n) is 13.8. The molecule has 0 bridgehead atoms. The van der Waals surface area contributed by atoms with Gasteiger partial charge < -0.3 is 19.1 Å². The second-order valence-corrected chi connectivity index (χ2v) is 10.9. The maximum atomic E-state index is 13.5. The molecule has 1 aromatic rings. The molecule has 1 aromatic carbocycles. The van der Waals surface area contributed by atoms with Crippen molar-refractivity contribution in [2.75, 3.05) is 40.8 Å². The van der Waals surface area contributed by atoms with Crippen LogP contribution in [0.5, 0.6) is 11.5 Å². The Morgan fingerprint density at radius 2 is 2.05 bits per heavy atom. The highest BCUT2D eigenvalue weighted by Gasteiger charge is 2.29. The first-order chi connectivity index (χ1) is 18.5. The number of benzene rings is 1. The summed E-state index contributed by atoms with van der Waals surface area (Å²) in [5.74, 6) is 1.64. The van der Waals surface area contributed by atoms with E-state index in [1.54, 1.807) is 13.2 Å². The molecule has 204 valence electrons. The van der Waals surface area contributed by atoms with Crippen molar-refractivity contribution < 1.29 is 23.4 Å². The van der Waals surface area contributed by atoms with Crippen LogP contribution in [0.2, 0.25) is 0 Å². The van der Waals surface area contributed by atoms with Crippen molar-refractivity contribution in [2.45, 2.75) is 51.5 Å². The Labute approximate surface area is 225 Å². The standard InChI is InChI=1S/C31H39FN2O4/c1-21-7-10-25-16-23(27-19-37-14-13-33(27)2)11-12-34(25)26(15-21)24-17-29(36-3)31(30(18-24)38-20-32)28(35)6-4-5-22-8-9-22/h10-12,15-18,21-22,27H,4-9,13-14,19-20H2,1-3H3. The predicted octanol–water partition coefficient (Wildman–Crippen LogP) is 6.11. The molecule has 3 heterocycles. The molecule has 1 saturated heterocycles. The monoisotopic (exact) mass is 522 g/mol. The highest BCUT2D eigenvalue weighted by Crippen LogP contribution is 2.40. The number of ether oxygens (including phenoxy) is 3. The number of alkyl halides is 1. The molecule has 2 unspecified atom stereocenters. The summed E-state index contributed by atoms with van der Waals surface area (Å²) in [4.78, 5) is 17.7. The lowest BCUT2D eigenvalue weighted by Gasteiger charge is -2.36. The van der Waals surface area contributed by atoms with Gasteiger partial charge in [0.15, 0.2) is 5.78 Å². The number of ketones is 1. The molecule has 0 spiro atoms. The summed E-state index contributed by atoms with van der Waals surface area (Å²) >= 11 is 0. The van der Waals surface area contributed by atoms with Crippen molar-refractivity contribution in [3.63, 3.8) is 0 Å². The summed E-state index contributed by atoms with van der Waals surface area (Å²) in [5, 5.41) is 0. The van der Waals surface area contributed by atoms with E-state index < -0.39 is 6.86 Å². The van der Waals surface area contributed by atoms with Crippen LogP contribution >= 0.6 is 0 Å². The number of carbonyl (C=O) groups is 1. The molecule has 2 fully saturated rings. The van der Waals surface area contributed by atoms with Crippen molar-refractivity contribution >= 4 is 11.5 Å². The first-order valence-corrected chi connectivity index (χ1v) is 13.8. The van der Waals surface area contributed by atoms with Crippen molar-refractivity contribution in [1.82, 2.24) is 9.80 Å². The quantitative estimate of drug-likeness (QED) is 0.346. The van der Waals surface area contributed by atoms with Gasteiger partial charge in [-0.15, -0.1) is 0 Å². The maximum Gasteiger partial charge on any atom is 0.228 e. The van der Waals surface area contributed by atoms with E-state index in [0.29, 0.717) is 24.3 Å². The predicted molar refractivity (Wildman–Crippen MR) is 147 cm³/mol. The SMILES string of the molecule is COc1cc(C2=CC(C)CC=C3C=C(C4COCCN4C)C=CN32)cc(OCF)c1C(=O)CCCC1CC1. The van der Waals surface area contributed by atoms with E-state index in [1.807, 2.05) is 6.07 Å². The number of Topliss-reactive ketones (excluding diaryl/α,β-unsaturated/α-hetero) is 1. The Bertz CT molecular complexity index is 1170. The van der Waals surface area contributed by atoms with Crippen LogP contribution in [0, 0.1) is 11.8 Å². The lowest BCUT2D eigenvalue weighted by atomic mass is 9.97. The van der Waals surface area contributed by atoms with Gasteiger partial charge in [-0.3, -0.25) is 9.69 Å². The molecule has 38 heavy (non-hydrogen) atoms. The third kappa shape index (κ3) is 5.89. The molecule has 7 heteroatoms. The molecule has 3 aliphatic heterocycles. The van der Waals surface area contributed by atoms with E-state index in [1.165, 1.54) is 18.4 Å². The van der Waals surface area contributed by atoms with Crippen molar-refractivity contribution in [1.29, 1.82) is 0 Å². The van der Waals surface area contributed by atoms with Crippen LogP contribution in [0.1, 0.15) is 61.4 Å². The number of methoxy groups -OCH3 is 1. The molecule has 5 rings (SSSR count). The van der Waals surface area contributed by atoms with E-state index >= 15 is 0 Å². The highest BCUT2D eigenvalue weighted by molar-refractivity contribution is 6.02. The largest absolute Gasteiger partial charge is 0.496 e. The first kappa shape index (κ1) is 26.7. The molecular formula is C31H39FN2O4. The van der Waals surface area contributed by atoms with Crippen LogP contribution in [0.4, 0.5) is 4.39 Å². The zero-order chi connectivity index (χ0) is 26.6. The topological polar surface area (TPSA) is 51.2 Å². The minimum absolute atomic E-state index is 0.0643. The molecule has 2 atom stereocenters. The summed E-state index contributed by atoms with van der Waals surface area (Å²) < 4.78 is 30.4. The Kier molecular flexibility index (Phi) is 8.34. The summed E-state index contributed by atoms with van der Waals surface area (Å²) in [6.07, 6.45) is 16.7. The number of halogens is 1. The summed E-state index contributed by atoms with van der Waals surface area (Å²) in [6, 6.07) is 3.88. The van der Waals surface area contributed by atoms with Gasteiger partial charge in [-0.05, 0) is 61.6 Å². The van der Waals surface area contributed by atoms with Gasteiger partial charge in [0.25, 0.3) is 0 Å². The zero-order valence-corrected chi connectivity index (χ0v) is 22.7. The molecular weight excluding hydrogens is 483 g/mol. The normalized spacial score (nSPS) is 23.7. The third-order valence-corrected chi connectivity index (χ3v) is 7.97. The number of morpholine rings is 1. The van der Waals surface area contributed by atoms with Crippen LogP contribution in [-0.4, -0.2) is 62.4 Å². The van der Waals surface area contributed by atoms with Gasteiger partial charge in [-0.2, -0.15) is 0 Å². The van der Waals surface area contributed by atoms with E-state index in [9.17, 15) is 9.18 Å². The molecule has 1 saturated carbocycles. The van der Waals surface area contributed by atoms with Gasteiger partial charge in [-0.25, -0.2) is 4.39 Å². The number of rotatable bonds is 10. The lowest BCUT2D eigenvalue weighted by Crippen LogP contribution is -2.44. The Morgan fingerprint density at radius 1 is 1.24 bits per heavy atom. The smallest absolute Gasteiger partial charge is 0.228 e. The number of likely N-dealkylation sites (N-methyl/N-ethyl adjacent to an activating group) is 1. The van der Waals surface area contributed by atoms with E-state index in [2.05, 4.69) is 54.3 Å². The summed E-state index contributed by atoms with van der Waals surface area (Å²) in [6.45, 7) is 3.51. The Morgan fingerprint density at radius 3 is 2.79 bits per heavy atom. The number of hydrogen-bond donors (Lipinski definition) is 0. The number of allylic oxidation sites excluding steroid dienone is 3. The minimum Gasteiger partial charge on any atom is -0.496 e. The average Bonchev–Trinajstić information content (AvgIpc) is 3.76. The van der Waals surface area contributed by atoms with Crippen LogP contribution in [0.3, 0.4) is 0 Å². The second-order valence-electron chi connectivity index (χ2n) is 10.9. The molecule has 0 radical (unpaired) electrons. The lowest BCUT2D eigenvalue weighted by molar-refractivity contribution is 0.0204. The van der Waals surface area contributed by atoms with Gasteiger partial charge in [-0.1, -0.05) is 38.3 Å². The molecule has 0 aromatic heterocycles. The van der Waals surface area contributed by atoms with Gasteiger partial charge >= 0.3 is 0 Å². The Hall–Kier alpha value is -2.90. The number of carbonyl (C=O) groups excluding carboxylic acids is 1. The van der Waals surface area contributed by atoms with Crippen LogP contribution in [0.15, 0.2) is 53.9 Å². The summed E-state index contributed by atoms with van der Waals surface area (Å²) in [5.41, 5.74) is 4.41. The van der Waals surface area contributed by atoms with E-state index in [0.717, 1.165) is 55.3 Å². The number of fused-ring (bicyclic) bond motifs is 1. The average molecular weight is 523 g/mol. The highest BCUT2D eigenvalue weighted by atomic mass is 19.1. The van der Waals surface area contributed by atoms with Gasteiger partial charge in [0.1, 0.15) is 17.1 Å². The molecule has 0 amide bonds.